The summed E-state index contributed by atoms with van der Waals surface area (Å²) >= 11 is 0. The van der Waals surface area contributed by atoms with Crippen molar-refractivity contribution in [1.29, 1.82) is 5.26 Å². The van der Waals surface area contributed by atoms with Crippen LogP contribution in [0.25, 0.3) is 0 Å². The molecule has 0 aromatic heterocycles. The molecule has 0 radical (unpaired) electrons. The summed E-state index contributed by atoms with van der Waals surface area (Å²) < 4.78 is 40.0. The van der Waals surface area contributed by atoms with Crippen molar-refractivity contribution in [2.75, 3.05) is 27.2 Å². The molecule has 0 spiro atoms. The minimum Gasteiger partial charge on any atom is -0.305 e. The van der Waals surface area contributed by atoms with Crippen LogP contribution in [0.4, 0.5) is 4.39 Å². The smallest absolute Gasteiger partial charge is 0.243 e. The number of sulfonamides is 1. The van der Waals surface area contributed by atoms with E-state index in [0.29, 0.717) is 13.1 Å². The van der Waals surface area contributed by atoms with Crippen molar-refractivity contribution in [2.24, 2.45) is 0 Å². The van der Waals surface area contributed by atoms with Crippen LogP contribution in [-0.2, 0) is 10.0 Å². The van der Waals surface area contributed by atoms with Crippen LogP contribution >= 0.6 is 0 Å². The summed E-state index contributed by atoms with van der Waals surface area (Å²) in [7, 11) is 0.157. The van der Waals surface area contributed by atoms with Crippen LogP contribution in [0.1, 0.15) is 18.4 Å². The largest absolute Gasteiger partial charge is 0.305 e. The SMILES string of the molecule is CN(C)C1CCCN(S(=O)(=O)c2ccc(F)c(C#N)c2)C1. The molecule has 1 aliphatic rings. The Kier molecular flexibility index (Phi) is 4.61. The number of hydrogen-bond donors (Lipinski definition) is 0. The molecule has 1 unspecified atom stereocenters. The standard InChI is InChI=1S/C14H18FN3O2S/c1-17(2)12-4-3-7-18(10-12)21(19,20)13-5-6-14(15)11(8-13)9-16/h5-6,8,12H,3-4,7,10H2,1-2H3. The molecule has 1 atom stereocenters. The van der Waals surface area contributed by atoms with Crippen LogP contribution in [0.3, 0.4) is 0 Å². The van der Waals surface area contributed by atoms with E-state index in [1.165, 1.54) is 10.4 Å². The average molecular weight is 311 g/mol. The summed E-state index contributed by atoms with van der Waals surface area (Å²) in [6.07, 6.45) is 1.74. The molecule has 1 aliphatic heterocycles. The summed E-state index contributed by atoms with van der Waals surface area (Å²) in [5.74, 6) is -0.707. The van der Waals surface area contributed by atoms with E-state index in [1.54, 1.807) is 6.07 Å². The molecule has 1 aromatic carbocycles. The first-order valence-electron chi connectivity index (χ1n) is 6.72. The predicted molar refractivity (Wildman–Crippen MR) is 76.6 cm³/mol. The van der Waals surface area contributed by atoms with Gasteiger partial charge in [-0.15, -0.1) is 0 Å². The van der Waals surface area contributed by atoms with Gasteiger partial charge in [0.2, 0.25) is 10.0 Å². The van der Waals surface area contributed by atoms with Crippen LogP contribution in [0, 0.1) is 17.1 Å². The average Bonchev–Trinajstić information content (AvgIpc) is 2.47. The van der Waals surface area contributed by atoms with Gasteiger partial charge in [0, 0.05) is 19.1 Å². The fourth-order valence-corrected chi connectivity index (χ4v) is 4.00. The predicted octanol–water partition coefficient (Wildman–Crippen LogP) is 1.41. The third-order valence-electron chi connectivity index (χ3n) is 3.79. The summed E-state index contributed by atoms with van der Waals surface area (Å²) in [4.78, 5) is 1.98. The molecule has 21 heavy (non-hydrogen) atoms. The molecular weight excluding hydrogens is 293 g/mol. The number of benzene rings is 1. The number of piperidine rings is 1. The van der Waals surface area contributed by atoms with E-state index in [9.17, 15) is 12.8 Å². The highest BCUT2D eigenvalue weighted by Gasteiger charge is 2.31. The Morgan fingerprint density at radius 3 is 2.76 bits per heavy atom. The van der Waals surface area contributed by atoms with Gasteiger partial charge in [-0.2, -0.15) is 9.57 Å². The van der Waals surface area contributed by atoms with E-state index in [4.69, 9.17) is 5.26 Å². The number of nitriles is 1. The summed E-state index contributed by atoms with van der Waals surface area (Å²) in [5, 5.41) is 8.83. The Bertz CT molecular complexity index is 667. The van der Waals surface area contributed by atoms with E-state index < -0.39 is 15.8 Å². The van der Waals surface area contributed by atoms with Gasteiger partial charge < -0.3 is 4.90 Å². The van der Waals surface area contributed by atoms with Crippen molar-refractivity contribution in [3.63, 3.8) is 0 Å². The fourth-order valence-electron chi connectivity index (χ4n) is 2.46. The maximum atomic E-state index is 13.3. The topological polar surface area (TPSA) is 64.4 Å². The maximum absolute atomic E-state index is 13.3. The van der Waals surface area contributed by atoms with Crippen molar-refractivity contribution in [2.45, 2.75) is 23.8 Å². The third-order valence-corrected chi connectivity index (χ3v) is 5.65. The molecule has 0 bridgehead atoms. The molecule has 0 N–H and O–H groups in total. The first kappa shape index (κ1) is 15.9. The zero-order valence-electron chi connectivity index (χ0n) is 12.1. The lowest BCUT2D eigenvalue weighted by Crippen LogP contribution is -2.47. The Morgan fingerprint density at radius 2 is 2.14 bits per heavy atom. The Balaban J connectivity index is 2.32. The highest BCUT2D eigenvalue weighted by atomic mass is 32.2. The lowest BCUT2D eigenvalue weighted by molar-refractivity contribution is 0.190. The molecule has 1 fully saturated rings. The van der Waals surface area contributed by atoms with Gasteiger partial charge in [0.25, 0.3) is 0 Å². The summed E-state index contributed by atoms with van der Waals surface area (Å²) in [6, 6.07) is 5.18. The van der Waals surface area contributed by atoms with Gasteiger partial charge in [-0.05, 0) is 45.1 Å². The van der Waals surface area contributed by atoms with Gasteiger partial charge in [0.05, 0.1) is 10.5 Å². The monoisotopic (exact) mass is 311 g/mol. The highest BCUT2D eigenvalue weighted by molar-refractivity contribution is 7.89. The number of halogens is 1. The fraction of sp³-hybridized carbons (Fsp3) is 0.500. The van der Waals surface area contributed by atoms with Gasteiger partial charge in [0.1, 0.15) is 11.9 Å². The molecule has 7 heteroatoms. The van der Waals surface area contributed by atoms with E-state index in [0.717, 1.165) is 25.0 Å². The van der Waals surface area contributed by atoms with Crippen molar-refractivity contribution in [3.05, 3.63) is 29.6 Å². The third kappa shape index (κ3) is 3.23. The van der Waals surface area contributed by atoms with Gasteiger partial charge in [-0.1, -0.05) is 0 Å². The second kappa shape index (κ2) is 6.10. The Morgan fingerprint density at radius 1 is 1.43 bits per heavy atom. The van der Waals surface area contributed by atoms with Crippen molar-refractivity contribution >= 4 is 10.0 Å². The Labute approximate surface area is 124 Å². The number of nitrogens with zero attached hydrogens (tertiary/aromatic N) is 3. The van der Waals surface area contributed by atoms with Crippen LogP contribution < -0.4 is 0 Å². The first-order chi connectivity index (χ1) is 9.86. The number of hydrogen-bond acceptors (Lipinski definition) is 4. The van der Waals surface area contributed by atoms with Gasteiger partial charge in [-0.3, -0.25) is 0 Å². The van der Waals surface area contributed by atoms with Gasteiger partial charge >= 0.3 is 0 Å². The van der Waals surface area contributed by atoms with Crippen LogP contribution in [0.15, 0.2) is 23.1 Å². The second-order valence-corrected chi connectivity index (χ2v) is 7.31. The molecule has 2 rings (SSSR count). The van der Waals surface area contributed by atoms with Crippen molar-refractivity contribution < 1.29 is 12.8 Å². The molecule has 1 saturated heterocycles. The lowest BCUT2D eigenvalue weighted by Gasteiger charge is -2.35. The minimum absolute atomic E-state index is 0.0279. The van der Waals surface area contributed by atoms with Crippen LogP contribution in [0.2, 0.25) is 0 Å². The lowest BCUT2D eigenvalue weighted by atomic mass is 10.1. The molecule has 5 nitrogen and oxygen atoms in total. The van der Waals surface area contributed by atoms with E-state index >= 15 is 0 Å². The molecule has 1 heterocycles. The molecule has 0 aliphatic carbocycles. The van der Waals surface area contributed by atoms with E-state index in [2.05, 4.69) is 0 Å². The summed E-state index contributed by atoms with van der Waals surface area (Å²) in [5.41, 5.74) is -0.253. The summed E-state index contributed by atoms with van der Waals surface area (Å²) in [6.45, 7) is 0.862. The number of rotatable bonds is 3. The normalized spacial score (nSPS) is 20.4. The van der Waals surface area contributed by atoms with E-state index in [1.807, 2.05) is 19.0 Å². The van der Waals surface area contributed by atoms with Gasteiger partial charge in [-0.25, -0.2) is 12.8 Å². The molecule has 114 valence electrons. The second-order valence-electron chi connectivity index (χ2n) is 5.38. The maximum Gasteiger partial charge on any atom is 0.243 e. The zero-order chi connectivity index (χ0) is 15.6. The minimum atomic E-state index is -3.69. The Hall–Kier alpha value is -1.49. The highest BCUT2D eigenvalue weighted by Crippen LogP contribution is 2.23. The van der Waals surface area contributed by atoms with Crippen LogP contribution in [-0.4, -0.2) is 50.8 Å². The van der Waals surface area contributed by atoms with Gasteiger partial charge in [0.15, 0.2) is 0 Å². The van der Waals surface area contributed by atoms with Crippen LogP contribution in [0.5, 0.6) is 0 Å². The van der Waals surface area contributed by atoms with Crippen molar-refractivity contribution in [1.82, 2.24) is 9.21 Å². The molecule has 0 saturated carbocycles. The van der Waals surface area contributed by atoms with Crippen molar-refractivity contribution in [3.8, 4) is 6.07 Å². The zero-order valence-corrected chi connectivity index (χ0v) is 12.9. The quantitative estimate of drug-likeness (QED) is 0.847. The first-order valence-corrected chi connectivity index (χ1v) is 8.16. The number of likely N-dealkylation sites (N-methyl/N-ethyl adjacent to an activating group) is 1. The molecular formula is C14H18FN3O2S. The molecule has 0 amide bonds. The van der Waals surface area contributed by atoms with E-state index in [-0.39, 0.29) is 16.5 Å². The molecule has 1 aromatic rings.